The van der Waals surface area contributed by atoms with E-state index in [9.17, 15) is 14.4 Å². The molecule has 35 heavy (non-hydrogen) atoms. The molecule has 0 aliphatic heterocycles. The van der Waals surface area contributed by atoms with Crippen LogP contribution in [0.3, 0.4) is 0 Å². The number of carbonyl (C=O) groups is 3. The maximum Gasteiger partial charge on any atom is 0.243 e. The van der Waals surface area contributed by atoms with Crippen LogP contribution in [0.1, 0.15) is 24.0 Å². The molecule has 3 aromatic rings. The number of hydrogen-bond donors (Lipinski definition) is 3. The molecule has 0 radical (unpaired) electrons. The average molecular weight is 473 g/mol. The molecule has 0 atom stereocenters. The molecule has 3 amide bonds. The fourth-order valence-corrected chi connectivity index (χ4v) is 3.45. The molecule has 0 unspecified atom stereocenters. The van der Waals surface area contributed by atoms with E-state index < -0.39 is 0 Å². The molecule has 7 nitrogen and oxygen atoms in total. The van der Waals surface area contributed by atoms with Crippen molar-refractivity contribution >= 4 is 34.8 Å². The summed E-state index contributed by atoms with van der Waals surface area (Å²) >= 11 is 0. The molecule has 0 bridgehead atoms. The van der Waals surface area contributed by atoms with Gasteiger partial charge >= 0.3 is 0 Å². The number of anilines is 3. The van der Waals surface area contributed by atoms with Gasteiger partial charge in [0, 0.05) is 44.0 Å². The molecular weight excluding hydrogens is 440 g/mol. The summed E-state index contributed by atoms with van der Waals surface area (Å²) in [5, 5.41) is 8.82. The first-order chi connectivity index (χ1) is 16.9. The Morgan fingerprint density at radius 3 is 1.91 bits per heavy atom. The van der Waals surface area contributed by atoms with E-state index in [0.29, 0.717) is 37.1 Å². The fourth-order valence-electron chi connectivity index (χ4n) is 3.45. The topological polar surface area (TPSA) is 90.5 Å². The van der Waals surface area contributed by atoms with Gasteiger partial charge in [-0.1, -0.05) is 48.5 Å². The van der Waals surface area contributed by atoms with Crippen LogP contribution in [0, 0.1) is 0 Å². The predicted octanol–water partition coefficient (Wildman–Crippen LogP) is 4.33. The molecular formula is C28H32N4O3. The van der Waals surface area contributed by atoms with Crippen molar-refractivity contribution in [2.45, 2.75) is 25.7 Å². The van der Waals surface area contributed by atoms with Gasteiger partial charge in [-0.05, 0) is 54.3 Å². The van der Waals surface area contributed by atoms with Gasteiger partial charge in [-0.15, -0.1) is 0 Å². The van der Waals surface area contributed by atoms with E-state index in [4.69, 9.17) is 0 Å². The van der Waals surface area contributed by atoms with Crippen molar-refractivity contribution in [1.82, 2.24) is 4.90 Å². The average Bonchev–Trinajstić information content (AvgIpc) is 2.86. The van der Waals surface area contributed by atoms with Crippen LogP contribution in [-0.4, -0.2) is 43.3 Å². The normalized spacial score (nSPS) is 10.3. The summed E-state index contributed by atoms with van der Waals surface area (Å²) in [5.41, 5.74) is 4.25. The number of rotatable bonds is 11. The molecule has 0 heterocycles. The Balaban J connectivity index is 1.42. The minimum absolute atomic E-state index is 0.0754. The van der Waals surface area contributed by atoms with Crippen molar-refractivity contribution in [2.24, 2.45) is 0 Å². The molecule has 3 rings (SSSR count). The second-order valence-corrected chi connectivity index (χ2v) is 8.50. The minimum atomic E-state index is -0.196. The number of nitrogens with zero attached hydrogens (tertiary/aromatic N) is 1. The molecule has 0 saturated carbocycles. The van der Waals surface area contributed by atoms with Gasteiger partial charge in [-0.3, -0.25) is 14.4 Å². The molecule has 3 aromatic carbocycles. The highest BCUT2D eigenvalue weighted by Gasteiger charge is 2.07. The fraction of sp³-hybridized carbons (Fsp3) is 0.250. The third-order valence-electron chi connectivity index (χ3n) is 5.45. The Morgan fingerprint density at radius 1 is 0.657 bits per heavy atom. The van der Waals surface area contributed by atoms with E-state index in [0.717, 1.165) is 16.8 Å². The Labute approximate surface area is 206 Å². The van der Waals surface area contributed by atoms with Crippen LogP contribution in [0.2, 0.25) is 0 Å². The van der Waals surface area contributed by atoms with Crippen molar-refractivity contribution in [1.29, 1.82) is 0 Å². The molecule has 0 fully saturated rings. The van der Waals surface area contributed by atoms with Gasteiger partial charge in [-0.2, -0.15) is 0 Å². The maximum atomic E-state index is 12.4. The standard InChI is InChI=1S/C28H32N4O3/c1-32(2)28(35)18-14-22-11-15-23(16-12-22)29-20-27(34)31-25-10-6-9-24(19-25)30-26(33)17-13-21-7-4-3-5-8-21/h3-12,15-16,19,29H,13-14,17-18,20H2,1-2H3,(H,30,33)(H,31,34). The summed E-state index contributed by atoms with van der Waals surface area (Å²) < 4.78 is 0. The molecule has 7 heteroatoms. The van der Waals surface area contributed by atoms with Crippen LogP contribution in [0.25, 0.3) is 0 Å². The van der Waals surface area contributed by atoms with E-state index in [1.165, 1.54) is 0 Å². The van der Waals surface area contributed by atoms with E-state index >= 15 is 0 Å². The third-order valence-corrected chi connectivity index (χ3v) is 5.45. The minimum Gasteiger partial charge on any atom is -0.376 e. The highest BCUT2D eigenvalue weighted by atomic mass is 16.2. The van der Waals surface area contributed by atoms with Gasteiger partial charge in [-0.25, -0.2) is 0 Å². The lowest BCUT2D eigenvalue weighted by atomic mass is 10.1. The molecule has 0 saturated heterocycles. The van der Waals surface area contributed by atoms with Crippen LogP contribution in [0.5, 0.6) is 0 Å². The van der Waals surface area contributed by atoms with Gasteiger partial charge in [0.05, 0.1) is 6.54 Å². The lowest BCUT2D eigenvalue weighted by Crippen LogP contribution is -2.22. The van der Waals surface area contributed by atoms with Crippen molar-refractivity contribution in [3.8, 4) is 0 Å². The highest BCUT2D eigenvalue weighted by molar-refractivity contribution is 5.95. The first-order valence-electron chi connectivity index (χ1n) is 11.7. The van der Waals surface area contributed by atoms with Gasteiger partial charge in [0.2, 0.25) is 17.7 Å². The summed E-state index contributed by atoms with van der Waals surface area (Å²) in [5.74, 6) is -0.175. The van der Waals surface area contributed by atoms with Crippen molar-refractivity contribution in [2.75, 3.05) is 36.6 Å². The highest BCUT2D eigenvalue weighted by Crippen LogP contribution is 2.16. The first kappa shape index (κ1) is 25.5. The van der Waals surface area contributed by atoms with Crippen LogP contribution >= 0.6 is 0 Å². The maximum absolute atomic E-state index is 12.4. The summed E-state index contributed by atoms with van der Waals surface area (Å²) in [7, 11) is 3.50. The Morgan fingerprint density at radius 2 is 1.26 bits per heavy atom. The van der Waals surface area contributed by atoms with E-state index in [1.54, 1.807) is 43.3 Å². The van der Waals surface area contributed by atoms with E-state index in [-0.39, 0.29) is 24.3 Å². The molecule has 182 valence electrons. The Bertz CT molecular complexity index is 1130. The summed E-state index contributed by atoms with van der Waals surface area (Å²) in [6.45, 7) is 0.103. The third kappa shape index (κ3) is 8.97. The molecule has 0 aliphatic rings. The predicted molar refractivity (Wildman–Crippen MR) is 140 cm³/mol. The second-order valence-electron chi connectivity index (χ2n) is 8.50. The molecule has 0 aliphatic carbocycles. The van der Waals surface area contributed by atoms with Crippen LogP contribution in [0.15, 0.2) is 78.9 Å². The zero-order valence-corrected chi connectivity index (χ0v) is 20.2. The summed E-state index contributed by atoms with van der Waals surface area (Å²) in [4.78, 5) is 38.0. The van der Waals surface area contributed by atoms with Crippen LogP contribution < -0.4 is 16.0 Å². The zero-order valence-electron chi connectivity index (χ0n) is 20.2. The van der Waals surface area contributed by atoms with Crippen molar-refractivity contribution in [3.63, 3.8) is 0 Å². The Kier molecular flexibility index (Phi) is 9.42. The van der Waals surface area contributed by atoms with Crippen LogP contribution in [0.4, 0.5) is 17.1 Å². The smallest absolute Gasteiger partial charge is 0.243 e. The van der Waals surface area contributed by atoms with E-state index in [1.807, 2.05) is 54.6 Å². The number of benzene rings is 3. The van der Waals surface area contributed by atoms with Gasteiger partial charge in [0.1, 0.15) is 0 Å². The van der Waals surface area contributed by atoms with Crippen molar-refractivity contribution in [3.05, 3.63) is 90.0 Å². The summed E-state index contributed by atoms with van der Waals surface area (Å²) in [6.07, 6.45) is 2.20. The molecule has 0 aromatic heterocycles. The number of nitrogens with one attached hydrogen (secondary N) is 3. The second kappa shape index (κ2) is 12.9. The lowest BCUT2D eigenvalue weighted by Gasteiger charge is -2.11. The van der Waals surface area contributed by atoms with Crippen molar-refractivity contribution < 1.29 is 14.4 Å². The number of hydrogen-bond acceptors (Lipinski definition) is 4. The molecule has 3 N–H and O–H groups in total. The largest absolute Gasteiger partial charge is 0.376 e. The quantitative estimate of drug-likeness (QED) is 0.387. The zero-order chi connectivity index (χ0) is 25.0. The van der Waals surface area contributed by atoms with Gasteiger partial charge in [0.25, 0.3) is 0 Å². The van der Waals surface area contributed by atoms with E-state index in [2.05, 4.69) is 16.0 Å². The van der Waals surface area contributed by atoms with Crippen LogP contribution in [-0.2, 0) is 27.2 Å². The number of carbonyl (C=O) groups excluding carboxylic acids is 3. The summed E-state index contributed by atoms with van der Waals surface area (Å²) in [6, 6.07) is 24.7. The number of aryl methyl sites for hydroxylation is 2. The monoisotopic (exact) mass is 472 g/mol. The molecule has 0 spiro atoms. The number of amides is 3. The Hall–Kier alpha value is -4.13. The SMILES string of the molecule is CN(C)C(=O)CCc1ccc(NCC(=O)Nc2cccc(NC(=O)CCc3ccccc3)c2)cc1. The van der Waals surface area contributed by atoms with Gasteiger partial charge in [0.15, 0.2) is 0 Å². The first-order valence-corrected chi connectivity index (χ1v) is 11.7. The van der Waals surface area contributed by atoms with Gasteiger partial charge < -0.3 is 20.9 Å². The lowest BCUT2D eigenvalue weighted by molar-refractivity contribution is -0.128.